The van der Waals surface area contributed by atoms with Gasteiger partial charge in [-0.1, -0.05) is 30.3 Å². The van der Waals surface area contributed by atoms with Gasteiger partial charge in [0.25, 0.3) is 5.69 Å². The average molecular weight is 552 g/mol. The number of anilines is 4. The molecule has 0 radical (unpaired) electrons. The van der Waals surface area contributed by atoms with Gasteiger partial charge in [-0.25, -0.2) is 0 Å². The zero-order chi connectivity index (χ0) is 28.0. The molecule has 40 heavy (non-hydrogen) atoms. The highest BCUT2D eigenvalue weighted by Gasteiger charge is 2.21. The number of benzene rings is 2. The van der Waals surface area contributed by atoms with Crippen molar-refractivity contribution in [3.63, 3.8) is 0 Å². The van der Waals surface area contributed by atoms with Gasteiger partial charge in [-0.2, -0.15) is 15.0 Å². The molecule has 214 valence electrons. The number of hydrogen-bond acceptors (Lipinski definition) is 12. The van der Waals surface area contributed by atoms with Gasteiger partial charge in [-0.15, -0.1) is 0 Å². The zero-order valence-electron chi connectivity index (χ0n) is 22.6. The van der Waals surface area contributed by atoms with Crippen molar-refractivity contribution in [3.05, 3.63) is 70.3 Å². The molecule has 0 spiro atoms. The lowest BCUT2D eigenvalue weighted by Crippen LogP contribution is -2.47. The Balaban J connectivity index is 1.35. The van der Waals surface area contributed by atoms with E-state index in [1.165, 1.54) is 17.7 Å². The summed E-state index contributed by atoms with van der Waals surface area (Å²) >= 11 is 0. The third-order valence-electron chi connectivity index (χ3n) is 6.32. The molecular formula is C27H37N9O4. The molecule has 0 aliphatic carbocycles. The summed E-state index contributed by atoms with van der Waals surface area (Å²) in [5.74, 6) is 1.59. The van der Waals surface area contributed by atoms with Crippen LogP contribution in [0.1, 0.15) is 5.56 Å². The van der Waals surface area contributed by atoms with Crippen LogP contribution in [0, 0.1) is 10.1 Å². The number of hydrogen-bond donors (Lipinski definition) is 3. The number of nitrogens with zero attached hydrogens (tertiary/aromatic N) is 6. The van der Waals surface area contributed by atoms with E-state index in [9.17, 15) is 10.1 Å². The molecule has 1 aliphatic heterocycles. The van der Waals surface area contributed by atoms with Crippen LogP contribution in [0.15, 0.2) is 54.6 Å². The topological polar surface area (TPSA) is 157 Å². The van der Waals surface area contributed by atoms with Crippen molar-refractivity contribution >= 4 is 29.2 Å². The number of nitro groups is 1. The number of nitro benzene ring substituents is 1. The van der Waals surface area contributed by atoms with Crippen LogP contribution < -0.4 is 26.2 Å². The number of rotatable bonds is 16. The van der Waals surface area contributed by atoms with Crippen molar-refractivity contribution < 1.29 is 14.4 Å². The van der Waals surface area contributed by atoms with Gasteiger partial charge in [0, 0.05) is 63.6 Å². The molecular weight excluding hydrogens is 514 g/mol. The summed E-state index contributed by atoms with van der Waals surface area (Å²) in [6, 6.07) is 16.9. The van der Waals surface area contributed by atoms with Gasteiger partial charge < -0.3 is 35.6 Å². The lowest BCUT2D eigenvalue weighted by atomic mass is 10.1. The molecule has 0 bridgehead atoms. The third-order valence-corrected chi connectivity index (χ3v) is 6.32. The van der Waals surface area contributed by atoms with Crippen LogP contribution in [-0.4, -0.2) is 92.1 Å². The van der Waals surface area contributed by atoms with Crippen molar-refractivity contribution in [1.82, 2.24) is 15.0 Å². The predicted molar refractivity (Wildman–Crippen MR) is 155 cm³/mol. The van der Waals surface area contributed by atoms with Gasteiger partial charge in [0.2, 0.25) is 17.8 Å². The maximum Gasteiger partial charge on any atom is 0.269 e. The van der Waals surface area contributed by atoms with Crippen LogP contribution >= 0.6 is 0 Å². The summed E-state index contributed by atoms with van der Waals surface area (Å²) in [5, 5.41) is 17.6. The van der Waals surface area contributed by atoms with Crippen LogP contribution in [0.3, 0.4) is 0 Å². The molecule has 13 heteroatoms. The van der Waals surface area contributed by atoms with Crippen molar-refractivity contribution in [1.29, 1.82) is 0 Å². The van der Waals surface area contributed by atoms with Gasteiger partial charge in [0.05, 0.1) is 31.4 Å². The standard InChI is InChI=1S/C27H37N9O4/c28-11-18-39-20-21-40-19-13-30-26-31-25(29-12-10-22-4-2-1-3-5-22)32-27(33-26)35-16-14-34(15-17-35)23-6-8-24(9-7-23)36(37)38/h1-9H,10-21,28H2,(H2,29,30,31,32,33). The minimum atomic E-state index is -0.385. The van der Waals surface area contributed by atoms with Crippen LogP contribution in [0.2, 0.25) is 0 Å². The van der Waals surface area contributed by atoms with E-state index in [2.05, 4.69) is 42.5 Å². The highest BCUT2D eigenvalue weighted by atomic mass is 16.6. The largest absolute Gasteiger partial charge is 0.378 e. The fourth-order valence-corrected chi connectivity index (χ4v) is 4.22. The minimum Gasteiger partial charge on any atom is -0.378 e. The fraction of sp³-hybridized carbons (Fsp3) is 0.444. The molecule has 13 nitrogen and oxygen atoms in total. The molecule has 3 aromatic rings. The van der Waals surface area contributed by atoms with E-state index >= 15 is 0 Å². The highest BCUT2D eigenvalue weighted by Crippen LogP contribution is 2.22. The Morgan fingerprint density at radius 3 is 2.08 bits per heavy atom. The Bertz CT molecular complexity index is 1180. The number of non-ortho nitro benzene ring substituents is 1. The van der Waals surface area contributed by atoms with E-state index in [1.807, 2.05) is 18.2 Å². The third kappa shape index (κ3) is 9.00. The summed E-state index contributed by atoms with van der Waals surface area (Å²) in [5.41, 5.74) is 7.70. The highest BCUT2D eigenvalue weighted by molar-refractivity contribution is 5.53. The number of nitrogens with two attached hydrogens (primary N) is 1. The van der Waals surface area contributed by atoms with Gasteiger partial charge >= 0.3 is 0 Å². The van der Waals surface area contributed by atoms with Crippen LogP contribution in [0.5, 0.6) is 0 Å². The molecule has 1 aromatic heterocycles. The van der Waals surface area contributed by atoms with E-state index in [-0.39, 0.29) is 10.6 Å². The van der Waals surface area contributed by atoms with Crippen LogP contribution in [0.4, 0.5) is 29.2 Å². The molecule has 4 N–H and O–H groups in total. The molecule has 1 saturated heterocycles. The first-order valence-electron chi connectivity index (χ1n) is 13.5. The van der Waals surface area contributed by atoms with Crippen LogP contribution in [-0.2, 0) is 15.9 Å². The molecule has 4 rings (SSSR count). The summed E-state index contributed by atoms with van der Waals surface area (Å²) in [4.78, 5) is 28.9. The lowest BCUT2D eigenvalue weighted by Gasteiger charge is -2.36. The fourth-order valence-electron chi connectivity index (χ4n) is 4.22. The number of piperazine rings is 1. The van der Waals surface area contributed by atoms with Crippen molar-refractivity contribution in [2.45, 2.75) is 6.42 Å². The SMILES string of the molecule is NCCOCCOCCNc1nc(NCCc2ccccc2)nc(N2CCN(c3ccc([N+](=O)[O-])cc3)CC2)n1. The van der Waals surface area contributed by atoms with Gasteiger partial charge in [0.1, 0.15) is 0 Å². The summed E-state index contributed by atoms with van der Waals surface area (Å²) in [7, 11) is 0. The lowest BCUT2D eigenvalue weighted by molar-refractivity contribution is -0.384. The minimum absolute atomic E-state index is 0.0882. The Morgan fingerprint density at radius 2 is 1.43 bits per heavy atom. The first kappa shape index (κ1) is 28.9. The van der Waals surface area contributed by atoms with E-state index in [0.717, 1.165) is 25.2 Å². The number of aromatic nitrogens is 3. The molecule has 0 saturated carbocycles. The molecule has 1 aliphatic rings. The molecule has 1 fully saturated rings. The summed E-state index contributed by atoms with van der Waals surface area (Å²) in [6.07, 6.45) is 0.846. The monoisotopic (exact) mass is 551 g/mol. The van der Waals surface area contributed by atoms with E-state index in [1.54, 1.807) is 12.1 Å². The van der Waals surface area contributed by atoms with Gasteiger partial charge in [0.15, 0.2) is 0 Å². The zero-order valence-corrected chi connectivity index (χ0v) is 22.6. The summed E-state index contributed by atoms with van der Waals surface area (Å²) < 4.78 is 10.9. The molecule has 2 aromatic carbocycles. The van der Waals surface area contributed by atoms with Gasteiger partial charge in [-0.05, 0) is 24.1 Å². The van der Waals surface area contributed by atoms with E-state index in [4.69, 9.17) is 20.2 Å². The Labute approximate surface area is 233 Å². The van der Waals surface area contributed by atoms with Crippen molar-refractivity contribution in [2.24, 2.45) is 5.73 Å². The first-order valence-corrected chi connectivity index (χ1v) is 13.5. The number of ether oxygens (including phenoxy) is 2. The first-order chi connectivity index (χ1) is 19.6. The second-order valence-corrected chi connectivity index (χ2v) is 9.13. The predicted octanol–water partition coefficient (Wildman–Crippen LogP) is 2.16. The van der Waals surface area contributed by atoms with Crippen LogP contribution in [0.25, 0.3) is 0 Å². The summed E-state index contributed by atoms with van der Waals surface area (Å²) in [6.45, 7) is 6.62. The van der Waals surface area contributed by atoms with Gasteiger partial charge in [-0.3, -0.25) is 10.1 Å². The molecule has 0 atom stereocenters. The van der Waals surface area contributed by atoms with E-state index in [0.29, 0.717) is 77.0 Å². The Hall–Kier alpha value is -4.07. The smallest absolute Gasteiger partial charge is 0.269 e. The average Bonchev–Trinajstić information content (AvgIpc) is 2.99. The maximum atomic E-state index is 11.0. The Kier molecular flexibility index (Phi) is 11.2. The Morgan fingerprint density at radius 1 is 0.800 bits per heavy atom. The molecule has 2 heterocycles. The van der Waals surface area contributed by atoms with E-state index < -0.39 is 0 Å². The normalized spacial score (nSPS) is 13.3. The number of nitrogens with one attached hydrogen (secondary N) is 2. The van der Waals surface area contributed by atoms with Crippen molar-refractivity contribution in [3.8, 4) is 0 Å². The quantitative estimate of drug-likeness (QED) is 0.136. The maximum absolute atomic E-state index is 11.0. The second-order valence-electron chi connectivity index (χ2n) is 9.13. The second kappa shape index (κ2) is 15.5. The van der Waals surface area contributed by atoms with Crippen molar-refractivity contribution in [2.75, 3.05) is 92.7 Å². The molecule has 0 unspecified atom stereocenters. The molecule has 0 amide bonds.